The van der Waals surface area contributed by atoms with Crippen LogP contribution in [-0.2, 0) is 16.1 Å². The predicted molar refractivity (Wildman–Crippen MR) is 56.7 cm³/mol. The minimum atomic E-state index is -0.854. The summed E-state index contributed by atoms with van der Waals surface area (Å²) in [5.74, 6) is -1.02. The van der Waals surface area contributed by atoms with E-state index in [9.17, 15) is 9.59 Å². The van der Waals surface area contributed by atoms with Gasteiger partial charge in [0.15, 0.2) is 0 Å². The predicted octanol–water partition coefficient (Wildman–Crippen LogP) is 0.253. The number of hydrogen-bond acceptors (Lipinski definition) is 3. The van der Waals surface area contributed by atoms with Crippen LogP contribution in [0, 0.1) is 0 Å². The van der Waals surface area contributed by atoms with E-state index in [1.54, 1.807) is 25.4 Å². The molecule has 1 unspecified atom stereocenters. The van der Waals surface area contributed by atoms with Crippen LogP contribution < -0.4 is 5.32 Å². The van der Waals surface area contributed by atoms with Crippen molar-refractivity contribution in [3.8, 4) is 0 Å². The third kappa shape index (κ3) is 4.59. The summed E-state index contributed by atoms with van der Waals surface area (Å²) in [6.07, 6.45) is 3.78. The lowest BCUT2D eigenvalue weighted by molar-refractivity contribution is -0.137. The Morgan fingerprint density at radius 1 is 1.56 bits per heavy atom. The van der Waals surface area contributed by atoms with Crippen molar-refractivity contribution < 1.29 is 14.7 Å². The van der Waals surface area contributed by atoms with Gasteiger partial charge in [-0.05, 0) is 19.4 Å². The first-order chi connectivity index (χ1) is 7.58. The summed E-state index contributed by atoms with van der Waals surface area (Å²) in [5.41, 5.74) is 0. The number of carbonyl (C=O) groups excluding carboxylic acids is 1. The highest BCUT2D eigenvalue weighted by Crippen LogP contribution is 1.96. The molecule has 1 aromatic rings. The lowest BCUT2D eigenvalue weighted by atomic mass is 10.2. The molecular formula is C10H15N3O3. The average molecular weight is 225 g/mol. The molecule has 0 saturated carbocycles. The molecule has 1 atom stereocenters. The number of aliphatic carboxylic acids is 1. The van der Waals surface area contributed by atoms with Crippen LogP contribution in [0.4, 0.5) is 0 Å². The van der Waals surface area contributed by atoms with Crippen LogP contribution in [-0.4, -0.2) is 32.8 Å². The van der Waals surface area contributed by atoms with Gasteiger partial charge in [-0.2, -0.15) is 5.10 Å². The van der Waals surface area contributed by atoms with Gasteiger partial charge >= 0.3 is 5.97 Å². The Labute approximate surface area is 93.3 Å². The highest BCUT2D eigenvalue weighted by atomic mass is 16.4. The van der Waals surface area contributed by atoms with E-state index in [-0.39, 0.29) is 24.9 Å². The molecule has 0 aliphatic carbocycles. The second-order valence-corrected chi connectivity index (χ2v) is 3.60. The average Bonchev–Trinajstić information content (AvgIpc) is 2.67. The standard InChI is InChI=1S/C10H15N3O3/c1-8(3-4-10(15)16)12-9(14)7-13-6-2-5-11-13/h2,5-6,8H,3-4,7H2,1H3,(H,12,14)(H,15,16). The molecule has 0 fully saturated rings. The highest BCUT2D eigenvalue weighted by Gasteiger charge is 2.09. The van der Waals surface area contributed by atoms with E-state index < -0.39 is 5.97 Å². The van der Waals surface area contributed by atoms with Crippen LogP contribution in [0.1, 0.15) is 19.8 Å². The van der Waals surface area contributed by atoms with Gasteiger partial charge in [-0.3, -0.25) is 14.3 Å². The molecule has 0 bridgehead atoms. The Kier molecular flexibility index (Phi) is 4.50. The molecule has 1 aromatic heterocycles. The molecule has 1 rings (SSSR count). The van der Waals surface area contributed by atoms with Crippen molar-refractivity contribution in [3.63, 3.8) is 0 Å². The zero-order valence-electron chi connectivity index (χ0n) is 9.09. The van der Waals surface area contributed by atoms with Gasteiger partial charge in [0.2, 0.25) is 5.91 Å². The number of carboxylic acids is 1. The lowest BCUT2D eigenvalue weighted by Crippen LogP contribution is -2.35. The molecule has 0 aromatic carbocycles. The number of carboxylic acid groups (broad SMARTS) is 1. The summed E-state index contributed by atoms with van der Waals surface area (Å²) in [7, 11) is 0. The van der Waals surface area contributed by atoms with E-state index in [0.29, 0.717) is 6.42 Å². The van der Waals surface area contributed by atoms with Crippen LogP contribution in [0.5, 0.6) is 0 Å². The maximum absolute atomic E-state index is 11.4. The molecule has 1 heterocycles. The van der Waals surface area contributed by atoms with E-state index in [2.05, 4.69) is 10.4 Å². The fourth-order valence-corrected chi connectivity index (χ4v) is 1.27. The number of aromatic nitrogens is 2. The summed E-state index contributed by atoms with van der Waals surface area (Å²) in [6, 6.07) is 1.60. The highest BCUT2D eigenvalue weighted by molar-refractivity contribution is 5.76. The molecule has 0 spiro atoms. The second kappa shape index (κ2) is 5.89. The second-order valence-electron chi connectivity index (χ2n) is 3.60. The fourth-order valence-electron chi connectivity index (χ4n) is 1.27. The number of carbonyl (C=O) groups is 2. The maximum Gasteiger partial charge on any atom is 0.303 e. The Hall–Kier alpha value is -1.85. The van der Waals surface area contributed by atoms with Crippen LogP contribution in [0.25, 0.3) is 0 Å². The van der Waals surface area contributed by atoms with Crippen molar-refractivity contribution in [2.24, 2.45) is 0 Å². The number of nitrogens with one attached hydrogen (secondary N) is 1. The SMILES string of the molecule is CC(CCC(=O)O)NC(=O)Cn1cccn1. The van der Waals surface area contributed by atoms with Crippen molar-refractivity contribution in [2.45, 2.75) is 32.4 Å². The smallest absolute Gasteiger partial charge is 0.303 e. The Morgan fingerprint density at radius 2 is 2.31 bits per heavy atom. The third-order valence-electron chi connectivity index (χ3n) is 2.06. The first kappa shape index (κ1) is 12.2. The quantitative estimate of drug-likeness (QED) is 0.727. The maximum atomic E-state index is 11.4. The third-order valence-corrected chi connectivity index (χ3v) is 2.06. The van der Waals surface area contributed by atoms with Gasteiger partial charge in [0.1, 0.15) is 6.54 Å². The Morgan fingerprint density at radius 3 is 2.88 bits per heavy atom. The van der Waals surface area contributed by atoms with Crippen LogP contribution in [0.3, 0.4) is 0 Å². The summed E-state index contributed by atoms with van der Waals surface area (Å²) in [6.45, 7) is 1.94. The minimum absolute atomic E-state index is 0.0587. The molecule has 0 radical (unpaired) electrons. The lowest BCUT2D eigenvalue weighted by Gasteiger charge is -2.12. The van der Waals surface area contributed by atoms with Crippen LogP contribution >= 0.6 is 0 Å². The minimum Gasteiger partial charge on any atom is -0.481 e. The van der Waals surface area contributed by atoms with E-state index in [0.717, 1.165) is 0 Å². The van der Waals surface area contributed by atoms with Crippen molar-refractivity contribution in [2.75, 3.05) is 0 Å². The first-order valence-corrected chi connectivity index (χ1v) is 5.06. The number of rotatable bonds is 6. The zero-order valence-corrected chi connectivity index (χ0v) is 9.09. The Bertz CT molecular complexity index is 348. The molecule has 2 N–H and O–H groups in total. The van der Waals surface area contributed by atoms with E-state index in [1.807, 2.05) is 0 Å². The summed E-state index contributed by atoms with van der Waals surface area (Å²) in [4.78, 5) is 21.8. The van der Waals surface area contributed by atoms with E-state index in [4.69, 9.17) is 5.11 Å². The van der Waals surface area contributed by atoms with Gasteiger partial charge in [0.05, 0.1) is 0 Å². The number of nitrogens with zero attached hydrogens (tertiary/aromatic N) is 2. The van der Waals surface area contributed by atoms with Crippen LogP contribution in [0.15, 0.2) is 18.5 Å². The molecule has 6 nitrogen and oxygen atoms in total. The molecule has 0 aliphatic heterocycles. The first-order valence-electron chi connectivity index (χ1n) is 5.06. The summed E-state index contributed by atoms with van der Waals surface area (Å²) < 4.78 is 1.51. The van der Waals surface area contributed by atoms with Gasteiger partial charge in [-0.15, -0.1) is 0 Å². The molecular weight excluding hydrogens is 210 g/mol. The summed E-state index contributed by atoms with van der Waals surface area (Å²) >= 11 is 0. The summed E-state index contributed by atoms with van der Waals surface area (Å²) in [5, 5.41) is 15.1. The molecule has 88 valence electrons. The normalized spacial score (nSPS) is 12.1. The van der Waals surface area contributed by atoms with Gasteiger partial charge in [0, 0.05) is 24.9 Å². The monoisotopic (exact) mass is 225 g/mol. The van der Waals surface area contributed by atoms with Crippen molar-refractivity contribution >= 4 is 11.9 Å². The van der Waals surface area contributed by atoms with E-state index >= 15 is 0 Å². The molecule has 1 amide bonds. The van der Waals surface area contributed by atoms with Crippen molar-refractivity contribution in [1.82, 2.24) is 15.1 Å². The van der Waals surface area contributed by atoms with Crippen LogP contribution in [0.2, 0.25) is 0 Å². The molecule has 0 saturated heterocycles. The number of hydrogen-bond donors (Lipinski definition) is 2. The van der Waals surface area contributed by atoms with Gasteiger partial charge in [-0.25, -0.2) is 0 Å². The van der Waals surface area contributed by atoms with Gasteiger partial charge < -0.3 is 10.4 Å². The largest absolute Gasteiger partial charge is 0.481 e. The Balaban J connectivity index is 2.25. The van der Waals surface area contributed by atoms with Crippen molar-refractivity contribution in [1.29, 1.82) is 0 Å². The number of amides is 1. The van der Waals surface area contributed by atoms with Crippen molar-refractivity contribution in [3.05, 3.63) is 18.5 Å². The van der Waals surface area contributed by atoms with Gasteiger partial charge in [-0.1, -0.05) is 0 Å². The molecule has 16 heavy (non-hydrogen) atoms. The topological polar surface area (TPSA) is 84.2 Å². The van der Waals surface area contributed by atoms with E-state index in [1.165, 1.54) is 4.68 Å². The van der Waals surface area contributed by atoms with Gasteiger partial charge in [0.25, 0.3) is 0 Å². The molecule has 6 heteroatoms. The fraction of sp³-hybridized carbons (Fsp3) is 0.500. The molecule has 0 aliphatic rings. The zero-order chi connectivity index (χ0) is 12.0.